The van der Waals surface area contributed by atoms with Crippen molar-refractivity contribution in [1.82, 2.24) is 0 Å². The number of allylic oxidation sites excluding steroid dienone is 19. The van der Waals surface area contributed by atoms with E-state index in [1.807, 2.05) is 6.08 Å². The summed E-state index contributed by atoms with van der Waals surface area (Å²) in [5, 5.41) is 0. The zero-order valence-corrected chi connectivity index (χ0v) is 40.1. The first-order chi connectivity index (χ1) is 30.6. The molecule has 0 aliphatic carbocycles. The van der Waals surface area contributed by atoms with Gasteiger partial charge in [-0.3, -0.25) is 9.59 Å². The molecule has 0 heterocycles. The van der Waals surface area contributed by atoms with Crippen LogP contribution in [0.25, 0.3) is 0 Å². The normalized spacial score (nSPS) is 13.3. The van der Waals surface area contributed by atoms with Crippen molar-refractivity contribution in [2.75, 3.05) is 19.8 Å². The molecular weight excluding hydrogens is 765 g/mol. The summed E-state index contributed by atoms with van der Waals surface area (Å²) in [5.41, 5.74) is 0. The monoisotopic (exact) mass is 857 g/mol. The van der Waals surface area contributed by atoms with E-state index in [2.05, 4.69) is 136 Å². The Hall–Kier alpha value is -3.70. The average molecular weight is 857 g/mol. The van der Waals surface area contributed by atoms with Crippen LogP contribution in [0.15, 0.2) is 122 Å². The lowest BCUT2D eigenvalue weighted by Crippen LogP contribution is -2.30. The zero-order valence-electron chi connectivity index (χ0n) is 40.1. The second kappa shape index (κ2) is 51.6. The Kier molecular flexibility index (Phi) is 48.6. The van der Waals surface area contributed by atoms with E-state index < -0.39 is 6.10 Å². The number of carbonyl (C=O) groups is 2. The minimum atomic E-state index is -0.623. The van der Waals surface area contributed by atoms with Gasteiger partial charge in [-0.25, -0.2) is 0 Å². The molecule has 0 aromatic rings. The molecule has 0 rings (SSSR count). The highest BCUT2D eigenvalue weighted by atomic mass is 16.6. The van der Waals surface area contributed by atoms with Gasteiger partial charge in [0.15, 0.2) is 6.10 Å². The molecule has 0 N–H and O–H groups in total. The first-order valence-electron chi connectivity index (χ1n) is 25.1. The largest absolute Gasteiger partial charge is 0.462 e. The van der Waals surface area contributed by atoms with Crippen molar-refractivity contribution in [3.63, 3.8) is 0 Å². The van der Waals surface area contributed by atoms with Gasteiger partial charge in [0.2, 0.25) is 0 Å². The Labute approximate surface area is 382 Å². The minimum Gasteiger partial charge on any atom is -0.462 e. The second-order valence-corrected chi connectivity index (χ2v) is 15.9. The molecule has 5 heteroatoms. The lowest BCUT2D eigenvalue weighted by Gasteiger charge is -2.18. The molecule has 1 atom stereocenters. The van der Waals surface area contributed by atoms with Crippen molar-refractivity contribution in [1.29, 1.82) is 0 Å². The van der Waals surface area contributed by atoms with E-state index in [-0.39, 0.29) is 31.6 Å². The number of ether oxygens (including phenoxy) is 3. The summed E-state index contributed by atoms with van der Waals surface area (Å²) in [6.45, 7) is 7.28. The fraction of sp³-hybridized carbons (Fsp3) is 0.614. The Morgan fingerprint density at radius 2 is 0.758 bits per heavy atom. The van der Waals surface area contributed by atoms with Crippen LogP contribution in [0.5, 0.6) is 0 Å². The van der Waals surface area contributed by atoms with E-state index in [0.29, 0.717) is 19.4 Å². The van der Waals surface area contributed by atoms with Crippen molar-refractivity contribution >= 4 is 11.9 Å². The molecule has 0 amide bonds. The lowest BCUT2D eigenvalue weighted by atomic mass is 10.1. The molecule has 1 unspecified atom stereocenters. The third-order valence-corrected chi connectivity index (χ3v) is 10.00. The van der Waals surface area contributed by atoms with Crippen LogP contribution in [0.4, 0.5) is 0 Å². The number of hydrogen-bond donors (Lipinski definition) is 0. The number of rotatable bonds is 44. The predicted molar refractivity (Wildman–Crippen MR) is 269 cm³/mol. The van der Waals surface area contributed by atoms with E-state index in [0.717, 1.165) is 83.5 Å². The molecule has 350 valence electrons. The number of unbranched alkanes of at least 4 members (excludes halogenated alkanes) is 13. The van der Waals surface area contributed by atoms with Crippen molar-refractivity contribution in [2.45, 2.75) is 207 Å². The fourth-order valence-electron chi connectivity index (χ4n) is 6.35. The molecule has 5 nitrogen and oxygen atoms in total. The fourth-order valence-corrected chi connectivity index (χ4v) is 6.35. The molecule has 0 aromatic carbocycles. The summed E-state index contributed by atoms with van der Waals surface area (Å²) in [7, 11) is 0. The third kappa shape index (κ3) is 49.0. The highest BCUT2D eigenvalue weighted by molar-refractivity contribution is 5.70. The predicted octanol–water partition coefficient (Wildman–Crippen LogP) is 17.0. The summed E-state index contributed by atoms with van der Waals surface area (Å²) >= 11 is 0. The van der Waals surface area contributed by atoms with E-state index in [1.165, 1.54) is 77.0 Å². The molecule has 0 radical (unpaired) electrons. The van der Waals surface area contributed by atoms with Gasteiger partial charge in [0, 0.05) is 12.8 Å². The van der Waals surface area contributed by atoms with E-state index in [1.54, 1.807) is 0 Å². The van der Waals surface area contributed by atoms with Gasteiger partial charge in [-0.05, 0) is 103 Å². The van der Waals surface area contributed by atoms with Gasteiger partial charge in [0.1, 0.15) is 6.61 Å². The number of esters is 2. The van der Waals surface area contributed by atoms with Gasteiger partial charge in [-0.1, -0.05) is 206 Å². The maximum absolute atomic E-state index is 12.7. The maximum atomic E-state index is 12.7. The molecule has 0 aromatic heterocycles. The molecule has 0 aliphatic rings. The molecule has 0 saturated heterocycles. The SMILES string of the molecule is CC/C=C\C/C=C\C/C=C\C/C=C\C/C=C\CCOCC(COC(=O)CCCCCCCCC/C=C\CCCCCCCC)OC(=O)CC/C=C\C/C=C\C/C=C\C/C=C\CC. The van der Waals surface area contributed by atoms with Crippen LogP contribution in [0.2, 0.25) is 0 Å². The first kappa shape index (κ1) is 58.3. The molecule has 62 heavy (non-hydrogen) atoms. The Bertz CT molecular complexity index is 1290. The smallest absolute Gasteiger partial charge is 0.306 e. The maximum Gasteiger partial charge on any atom is 0.306 e. The van der Waals surface area contributed by atoms with Crippen LogP contribution < -0.4 is 0 Å². The van der Waals surface area contributed by atoms with Crippen LogP contribution in [-0.2, 0) is 23.8 Å². The van der Waals surface area contributed by atoms with E-state index >= 15 is 0 Å². The first-order valence-corrected chi connectivity index (χ1v) is 25.1. The highest BCUT2D eigenvalue weighted by Gasteiger charge is 2.17. The van der Waals surface area contributed by atoms with Crippen LogP contribution in [0, 0.1) is 0 Å². The minimum absolute atomic E-state index is 0.0175. The summed E-state index contributed by atoms with van der Waals surface area (Å²) in [6.07, 6.45) is 72.4. The Balaban J connectivity index is 4.47. The third-order valence-electron chi connectivity index (χ3n) is 10.00. The Morgan fingerprint density at radius 1 is 0.371 bits per heavy atom. The number of hydrogen-bond acceptors (Lipinski definition) is 5. The summed E-state index contributed by atoms with van der Waals surface area (Å²) < 4.78 is 17.2. The van der Waals surface area contributed by atoms with Crippen LogP contribution in [0.1, 0.15) is 201 Å². The van der Waals surface area contributed by atoms with Gasteiger partial charge < -0.3 is 14.2 Å². The zero-order chi connectivity index (χ0) is 44.9. The van der Waals surface area contributed by atoms with E-state index in [9.17, 15) is 9.59 Å². The molecule has 0 bridgehead atoms. The summed E-state index contributed by atoms with van der Waals surface area (Å²) in [4.78, 5) is 25.3. The molecule has 0 aliphatic heterocycles. The molecule has 0 spiro atoms. The molecule has 0 fully saturated rings. The summed E-state index contributed by atoms with van der Waals surface area (Å²) in [6, 6.07) is 0. The Morgan fingerprint density at radius 3 is 1.23 bits per heavy atom. The average Bonchev–Trinajstić information content (AvgIpc) is 3.27. The van der Waals surface area contributed by atoms with Crippen LogP contribution in [0.3, 0.4) is 0 Å². The highest BCUT2D eigenvalue weighted by Crippen LogP contribution is 2.12. The molecule has 0 saturated carbocycles. The van der Waals surface area contributed by atoms with Gasteiger partial charge >= 0.3 is 11.9 Å². The van der Waals surface area contributed by atoms with Crippen molar-refractivity contribution < 1.29 is 23.8 Å². The summed E-state index contributed by atoms with van der Waals surface area (Å²) in [5.74, 6) is -0.545. The van der Waals surface area contributed by atoms with Crippen molar-refractivity contribution in [3.8, 4) is 0 Å². The van der Waals surface area contributed by atoms with E-state index in [4.69, 9.17) is 14.2 Å². The standard InChI is InChI=1S/C57H92O5/c1-4-7-10-13-16-19-22-25-27-29-30-33-35-38-41-44-47-50-56(58)61-54-55(62-57(59)51-48-45-42-39-36-32-24-21-18-15-12-9-6-3)53-60-52-49-46-43-40-37-34-31-28-26-23-20-17-14-11-8-5-2/h8-9,11-12,17-18,20-21,25-28,32,34,36-37,42-43,45-46,55H,4-7,10,13-16,19,22-24,29-31,33,35,38-41,44,47-54H2,1-3H3/b11-8-,12-9-,20-17-,21-18-,27-25-,28-26-,36-32-,37-34-,45-42-,46-43-. The quantitative estimate of drug-likeness (QED) is 0.0347. The van der Waals surface area contributed by atoms with Crippen molar-refractivity contribution in [3.05, 3.63) is 122 Å². The van der Waals surface area contributed by atoms with Crippen LogP contribution in [-0.4, -0.2) is 37.9 Å². The van der Waals surface area contributed by atoms with Gasteiger partial charge in [-0.15, -0.1) is 0 Å². The lowest BCUT2D eigenvalue weighted by molar-refractivity contribution is -0.162. The van der Waals surface area contributed by atoms with Crippen molar-refractivity contribution in [2.24, 2.45) is 0 Å². The number of carbonyl (C=O) groups excluding carboxylic acids is 2. The van der Waals surface area contributed by atoms with Gasteiger partial charge in [0.05, 0.1) is 13.2 Å². The van der Waals surface area contributed by atoms with Crippen LogP contribution >= 0.6 is 0 Å². The topological polar surface area (TPSA) is 61.8 Å². The second-order valence-electron chi connectivity index (χ2n) is 15.9. The molecular formula is C57H92O5. The van der Waals surface area contributed by atoms with Gasteiger partial charge in [0.25, 0.3) is 0 Å². The van der Waals surface area contributed by atoms with Gasteiger partial charge in [-0.2, -0.15) is 0 Å².